The SMILES string of the molecule is CCN(CC)CCNC(=O)c1ccc(C)c2c(=O)c3ccccc3[nH]c12. The van der Waals surface area contributed by atoms with Crippen LogP contribution >= 0.6 is 0 Å². The maximum absolute atomic E-state index is 12.9. The van der Waals surface area contributed by atoms with Gasteiger partial charge in [0.25, 0.3) is 5.91 Å². The topological polar surface area (TPSA) is 65.2 Å². The fraction of sp³-hybridized carbons (Fsp3) is 0.333. The molecule has 0 spiro atoms. The number of H-pyrrole nitrogens is 1. The molecule has 0 atom stereocenters. The van der Waals surface area contributed by atoms with Crippen LogP contribution in [0, 0.1) is 6.92 Å². The number of hydrogen-bond acceptors (Lipinski definition) is 3. The summed E-state index contributed by atoms with van der Waals surface area (Å²) in [6, 6.07) is 11.0. The standard InChI is InChI=1S/C21H25N3O2/c1-4-24(5-2)13-12-22-21(26)16-11-10-14(3)18-19(16)23-17-9-7-6-8-15(17)20(18)25/h6-11H,4-5,12-13H2,1-3H3,(H,22,26)(H,23,25). The number of aromatic amines is 1. The monoisotopic (exact) mass is 351 g/mol. The molecule has 0 saturated carbocycles. The molecule has 3 aromatic rings. The molecule has 5 heteroatoms. The number of para-hydroxylation sites is 1. The Balaban J connectivity index is 2.00. The molecule has 5 nitrogen and oxygen atoms in total. The number of carbonyl (C=O) groups excluding carboxylic acids is 1. The molecular formula is C21H25N3O2. The highest BCUT2D eigenvalue weighted by molar-refractivity contribution is 6.08. The molecule has 3 rings (SSSR count). The van der Waals surface area contributed by atoms with E-state index >= 15 is 0 Å². The lowest BCUT2D eigenvalue weighted by Gasteiger charge is -2.18. The highest BCUT2D eigenvalue weighted by Gasteiger charge is 2.15. The van der Waals surface area contributed by atoms with Gasteiger partial charge in [-0.2, -0.15) is 0 Å². The summed E-state index contributed by atoms with van der Waals surface area (Å²) in [7, 11) is 0. The van der Waals surface area contributed by atoms with Crippen molar-refractivity contribution < 1.29 is 4.79 Å². The highest BCUT2D eigenvalue weighted by Crippen LogP contribution is 2.21. The third-order valence-corrected chi connectivity index (χ3v) is 4.92. The fourth-order valence-corrected chi connectivity index (χ4v) is 3.34. The van der Waals surface area contributed by atoms with Crippen LogP contribution in [0.4, 0.5) is 0 Å². The van der Waals surface area contributed by atoms with E-state index in [1.54, 1.807) is 6.07 Å². The number of amides is 1. The number of aromatic nitrogens is 1. The third kappa shape index (κ3) is 3.35. The van der Waals surface area contributed by atoms with E-state index in [1.165, 1.54) is 0 Å². The van der Waals surface area contributed by atoms with Crippen molar-refractivity contribution in [1.82, 2.24) is 15.2 Å². The molecule has 1 aromatic heterocycles. The predicted molar refractivity (Wildman–Crippen MR) is 107 cm³/mol. The first-order valence-corrected chi connectivity index (χ1v) is 9.11. The zero-order valence-corrected chi connectivity index (χ0v) is 15.6. The Morgan fingerprint density at radius 3 is 2.58 bits per heavy atom. The Kier molecular flexibility index (Phi) is 5.38. The van der Waals surface area contributed by atoms with E-state index in [-0.39, 0.29) is 11.3 Å². The molecule has 0 aliphatic carbocycles. The molecule has 2 N–H and O–H groups in total. The van der Waals surface area contributed by atoms with Gasteiger partial charge in [-0.05, 0) is 43.8 Å². The van der Waals surface area contributed by atoms with Crippen molar-refractivity contribution in [3.05, 3.63) is 57.7 Å². The molecular weight excluding hydrogens is 326 g/mol. The molecule has 0 aliphatic rings. The molecule has 26 heavy (non-hydrogen) atoms. The molecule has 0 unspecified atom stereocenters. The molecule has 2 aromatic carbocycles. The van der Waals surface area contributed by atoms with Gasteiger partial charge in [0.2, 0.25) is 0 Å². The second kappa shape index (κ2) is 7.70. The quantitative estimate of drug-likeness (QED) is 0.671. The van der Waals surface area contributed by atoms with Crippen molar-refractivity contribution in [2.75, 3.05) is 26.2 Å². The van der Waals surface area contributed by atoms with E-state index in [4.69, 9.17) is 0 Å². The number of fused-ring (bicyclic) bond motifs is 2. The minimum absolute atomic E-state index is 0.0374. The Hall–Kier alpha value is -2.66. The van der Waals surface area contributed by atoms with E-state index in [0.29, 0.717) is 28.4 Å². The zero-order chi connectivity index (χ0) is 18.7. The Morgan fingerprint density at radius 2 is 1.85 bits per heavy atom. The summed E-state index contributed by atoms with van der Waals surface area (Å²) in [5, 5.41) is 4.20. The van der Waals surface area contributed by atoms with Gasteiger partial charge in [-0.25, -0.2) is 0 Å². The van der Waals surface area contributed by atoms with Crippen LogP contribution in [-0.4, -0.2) is 42.0 Å². The zero-order valence-electron chi connectivity index (χ0n) is 15.6. The molecule has 136 valence electrons. The summed E-state index contributed by atoms with van der Waals surface area (Å²) in [6.45, 7) is 9.41. The summed E-state index contributed by atoms with van der Waals surface area (Å²) in [5.41, 5.74) is 2.69. The molecule has 0 saturated heterocycles. The Morgan fingerprint density at radius 1 is 1.12 bits per heavy atom. The number of nitrogens with zero attached hydrogens (tertiary/aromatic N) is 1. The van der Waals surface area contributed by atoms with Gasteiger partial charge in [0.15, 0.2) is 5.43 Å². The molecule has 0 radical (unpaired) electrons. The molecule has 1 amide bonds. The van der Waals surface area contributed by atoms with E-state index in [9.17, 15) is 9.59 Å². The lowest BCUT2D eigenvalue weighted by molar-refractivity contribution is 0.0950. The van der Waals surface area contributed by atoms with Crippen molar-refractivity contribution in [2.24, 2.45) is 0 Å². The van der Waals surface area contributed by atoms with E-state index < -0.39 is 0 Å². The van der Waals surface area contributed by atoms with Crippen LogP contribution in [0.2, 0.25) is 0 Å². The van der Waals surface area contributed by atoms with Gasteiger partial charge >= 0.3 is 0 Å². The van der Waals surface area contributed by atoms with Crippen molar-refractivity contribution in [3.63, 3.8) is 0 Å². The second-order valence-electron chi connectivity index (χ2n) is 6.46. The first kappa shape index (κ1) is 18.1. The number of likely N-dealkylation sites (N-methyl/N-ethyl adjacent to an activating group) is 1. The van der Waals surface area contributed by atoms with Gasteiger partial charge in [0, 0.05) is 29.4 Å². The molecule has 0 fully saturated rings. The predicted octanol–water partition coefficient (Wildman–Crippen LogP) is 3.06. The van der Waals surface area contributed by atoms with Gasteiger partial charge in [-0.3, -0.25) is 9.59 Å². The van der Waals surface area contributed by atoms with Crippen molar-refractivity contribution in [3.8, 4) is 0 Å². The fourth-order valence-electron chi connectivity index (χ4n) is 3.34. The largest absolute Gasteiger partial charge is 0.354 e. The van der Waals surface area contributed by atoms with Gasteiger partial charge in [0.05, 0.1) is 11.1 Å². The highest BCUT2D eigenvalue weighted by atomic mass is 16.1. The number of hydrogen-bond donors (Lipinski definition) is 2. The average molecular weight is 351 g/mol. The molecule has 0 bridgehead atoms. The summed E-state index contributed by atoms with van der Waals surface area (Å²) >= 11 is 0. The first-order chi connectivity index (χ1) is 12.6. The van der Waals surface area contributed by atoms with Gasteiger partial charge in [0.1, 0.15) is 0 Å². The van der Waals surface area contributed by atoms with Crippen LogP contribution < -0.4 is 10.7 Å². The minimum Gasteiger partial charge on any atom is -0.354 e. The molecule has 0 aliphatic heterocycles. The lowest BCUT2D eigenvalue weighted by Crippen LogP contribution is -2.35. The Bertz CT molecular complexity index is 1000. The van der Waals surface area contributed by atoms with Crippen LogP contribution in [0.3, 0.4) is 0 Å². The third-order valence-electron chi connectivity index (χ3n) is 4.92. The second-order valence-corrected chi connectivity index (χ2v) is 6.46. The van der Waals surface area contributed by atoms with Crippen LogP contribution in [0.25, 0.3) is 21.8 Å². The number of rotatable bonds is 6. The van der Waals surface area contributed by atoms with E-state index in [2.05, 4.69) is 29.0 Å². The van der Waals surface area contributed by atoms with Crippen molar-refractivity contribution in [2.45, 2.75) is 20.8 Å². The summed E-state index contributed by atoms with van der Waals surface area (Å²) < 4.78 is 0. The number of pyridine rings is 1. The number of nitrogens with one attached hydrogen (secondary N) is 2. The van der Waals surface area contributed by atoms with E-state index in [0.717, 1.165) is 30.7 Å². The first-order valence-electron chi connectivity index (χ1n) is 9.11. The number of carbonyl (C=O) groups is 1. The maximum Gasteiger partial charge on any atom is 0.253 e. The van der Waals surface area contributed by atoms with Crippen LogP contribution in [0.1, 0.15) is 29.8 Å². The van der Waals surface area contributed by atoms with Crippen molar-refractivity contribution in [1.29, 1.82) is 0 Å². The Labute approximate surface area is 153 Å². The van der Waals surface area contributed by atoms with Gasteiger partial charge < -0.3 is 15.2 Å². The van der Waals surface area contributed by atoms with Crippen LogP contribution in [0.15, 0.2) is 41.2 Å². The van der Waals surface area contributed by atoms with E-state index in [1.807, 2.05) is 37.3 Å². The lowest BCUT2D eigenvalue weighted by atomic mass is 10.0. The van der Waals surface area contributed by atoms with Gasteiger partial charge in [-0.15, -0.1) is 0 Å². The van der Waals surface area contributed by atoms with Crippen LogP contribution in [0.5, 0.6) is 0 Å². The minimum atomic E-state index is -0.159. The van der Waals surface area contributed by atoms with Crippen molar-refractivity contribution >= 4 is 27.7 Å². The normalized spacial score (nSPS) is 11.4. The summed E-state index contributed by atoms with van der Waals surface area (Å²) in [5.74, 6) is -0.159. The summed E-state index contributed by atoms with van der Waals surface area (Å²) in [6.07, 6.45) is 0. The smallest absolute Gasteiger partial charge is 0.253 e. The number of benzene rings is 2. The average Bonchev–Trinajstić information content (AvgIpc) is 2.65. The van der Waals surface area contributed by atoms with Gasteiger partial charge in [-0.1, -0.05) is 32.0 Å². The molecule has 1 heterocycles. The van der Waals surface area contributed by atoms with Crippen LogP contribution in [-0.2, 0) is 0 Å². The summed E-state index contributed by atoms with van der Waals surface area (Å²) in [4.78, 5) is 31.2. The number of aryl methyl sites for hydroxylation is 1. The maximum atomic E-state index is 12.9.